The van der Waals surface area contributed by atoms with E-state index in [4.69, 9.17) is 0 Å². The van der Waals surface area contributed by atoms with E-state index < -0.39 is 9.84 Å². The maximum absolute atomic E-state index is 11.2. The lowest BCUT2D eigenvalue weighted by atomic mass is 10.1. The highest BCUT2D eigenvalue weighted by Gasteiger charge is 2.10. The maximum Gasteiger partial charge on any atom is 0.148 e. The van der Waals surface area contributed by atoms with Crippen molar-refractivity contribution in [2.75, 3.05) is 12.0 Å². The summed E-state index contributed by atoms with van der Waals surface area (Å²) in [4.78, 5) is 1.21. The summed E-state index contributed by atoms with van der Waals surface area (Å²) in [5, 5.41) is 5.38. The Morgan fingerprint density at radius 1 is 1.20 bits per heavy atom. The van der Waals surface area contributed by atoms with Gasteiger partial charge in [0, 0.05) is 23.7 Å². The zero-order valence-electron chi connectivity index (χ0n) is 11.7. The second kappa shape index (κ2) is 6.52. The van der Waals surface area contributed by atoms with Crippen molar-refractivity contribution in [3.63, 3.8) is 0 Å². The van der Waals surface area contributed by atoms with Gasteiger partial charge in [-0.3, -0.25) is 0 Å². The SMILES string of the molecule is CC(CS(C)(=O)=O)NCc1cc(-c2ccccc2)cs1. The molecule has 1 atom stereocenters. The van der Waals surface area contributed by atoms with E-state index in [0.29, 0.717) is 6.54 Å². The van der Waals surface area contributed by atoms with E-state index in [1.807, 2.05) is 25.1 Å². The van der Waals surface area contributed by atoms with E-state index in [0.717, 1.165) is 0 Å². The molecule has 0 fully saturated rings. The van der Waals surface area contributed by atoms with Gasteiger partial charge in [-0.25, -0.2) is 8.42 Å². The zero-order valence-corrected chi connectivity index (χ0v) is 13.3. The number of nitrogens with one attached hydrogen (secondary N) is 1. The van der Waals surface area contributed by atoms with Crippen LogP contribution in [0.3, 0.4) is 0 Å². The van der Waals surface area contributed by atoms with Gasteiger partial charge in [-0.05, 0) is 29.5 Å². The number of rotatable bonds is 6. The van der Waals surface area contributed by atoms with Crippen LogP contribution in [0, 0.1) is 0 Å². The van der Waals surface area contributed by atoms with Crippen molar-refractivity contribution in [1.29, 1.82) is 0 Å². The van der Waals surface area contributed by atoms with Crippen LogP contribution in [0.2, 0.25) is 0 Å². The van der Waals surface area contributed by atoms with Gasteiger partial charge in [0.15, 0.2) is 0 Å². The summed E-state index contributed by atoms with van der Waals surface area (Å²) in [6.07, 6.45) is 1.27. The van der Waals surface area contributed by atoms with Gasteiger partial charge in [-0.2, -0.15) is 0 Å². The maximum atomic E-state index is 11.2. The third-order valence-electron chi connectivity index (χ3n) is 2.94. The monoisotopic (exact) mass is 309 g/mol. The van der Waals surface area contributed by atoms with E-state index in [9.17, 15) is 8.42 Å². The fourth-order valence-electron chi connectivity index (χ4n) is 2.04. The highest BCUT2D eigenvalue weighted by atomic mass is 32.2. The largest absolute Gasteiger partial charge is 0.308 e. The van der Waals surface area contributed by atoms with Crippen molar-refractivity contribution in [2.45, 2.75) is 19.5 Å². The van der Waals surface area contributed by atoms with Gasteiger partial charge >= 0.3 is 0 Å². The minimum atomic E-state index is -2.92. The van der Waals surface area contributed by atoms with Crippen LogP contribution in [-0.4, -0.2) is 26.5 Å². The highest BCUT2D eigenvalue weighted by Crippen LogP contribution is 2.25. The van der Waals surface area contributed by atoms with Crippen molar-refractivity contribution < 1.29 is 8.42 Å². The highest BCUT2D eigenvalue weighted by molar-refractivity contribution is 7.90. The lowest BCUT2D eigenvalue weighted by Crippen LogP contribution is -2.31. The molecule has 108 valence electrons. The first-order valence-corrected chi connectivity index (χ1v) is 9.42. The Hall–Kier alpha value is -1.17. The summed E-state index contributed by atoms with van der Waals surface area (Å²) in [5.41, 5.74) is 2.42. The smallest absolute Gasteiger partial charge is 0.148 e. The molecule has 2 aromatic rings. The first kappa shape index (κ1) is 15.2. The molecule has 0 aliphatic heterocycles. The molecule has 0 amide bonds. The first-order chi connectivity index (χ1) is 9.44. The molecule has 1 unspecified atom stereocenters. The van der Waals surface area contributed by atoms with Gasteiger partial charge in [-0.1, -0.05) is 30.3 Å². The van der Waals surface area contributed by atoms with Crippen molar-refractivity contribution in [3.8, 4) is 11.1 Å². The van der Waals surface area contributed by atoms with Crippen molar-refractivity contribution in [3.05, 3.63) is 46.7 Å². The molecule has 20 heavy (non-hydrogen) atoms. The van der Waals surface area contributed by atoms with Gasteiger partial charge in [0.1, 0.15) is 9.84 Å². The van der Waals surface area contributed by atoms with E-state index in [1.54, 1.807) is 11.3 Å². The molecular formula is C15H19NO2S2. The summed E-state index contributed by atoms with van der Waals surface area (Å²) in [6, 6.07) is 12.4. The molecule has 0 spiro atoms. The number of hydrogen-bond acceptors (Lipinski definition) is 4. The standard InChI is InChI=1S/C15H19NO2S2/c1-12(11-20(2,17)18)16-9-15-8-14(10-19-15)13-6-4-3-5-7-13/h3-8,10,12,16H,9,11H2,1-2H3. The Balaban J connectivity index is 1.94. The van der Waals surface area contributed by atoms with Gasteiger partial charge < -0.3 is 5.32 Å². The quantitative estimate of drug-likeness (QED) is 0.892. The second-order valence-corrected chi connectivity index (χ2v) is 8.22. The summed E-state index contributed by atoms with van der Waals surface area (Å²) in [5.74, 6) is 0.171. The lowest BCUT2D eigenvalue weighted by molar-refractivity contribution is 0.562. The van der Waals surface area contributed by atoms with Gasteiger partial charge in [0.2, 0.25) is 0 Å². The molecule has 0 bridgehead atoms. The molecule has 1 N–H and O–H groups in total. The normalized spacial score (nSPS) is 13.3. The molecular weight excluding hydrogens is 290 g/mol. The van der Waals surface area contributed by atoms with E-state index in [2.05, 4.69) is 28.9 Å². The summed E-state index contributed by atoms with van der Waals surface area (Å²) < 4.78 is 22.4. The minimum Gasteiger partial charge on any atom is -0.308 e. The molecule has 2 rings (SSSR count). The van der Waals surface area contributed by atoms with Gasteiger partial charge in [0.05, 0.1) is 5.75 Å². The lowest BCUT2D eigenvalue weighted by Gasteiger charge is -2.11. The third-order valence-corrected chi connectivity index (χ3v) is 4.98. The van der Waals surface area contributed by atoms with Crippen LogP contribution in [-0.2, 0) is 16.4 Å². The Bertz CT molecular complexity index is 648. The van der Waals surface area contributed by atoms with Crippen LogP contribution < -0.4 is 5.32 Å². The number of sulfone groups is 1. The van der Waals surface area contributed by atoms with Crippen LogP contribution >= 0.6 is 11.3 Å². The van der Waals surface area contributed by atoms with E-state index in [-0.39, 0.29) is 11.8 Å². The van der Waals surface area contributed by atoms with Crippen LogP contribution in [0.25, 0.3) is 11.1 Å². The molecule has 0 aliphatic rings. The predicted molar refractivity (Wildman–Crippen MR) is 85.8 cm³/mol. The Labute approximate surface area is 124 Å². The molecule has 0 saturated heterocycles. The molecule has 0 saturated carbocycles. The topological polar surface area (TPSA) is 46.2 Å². The molecule has 1 aromatic heterocycles. The van der Waals surface area contributed by atoms with Crippen LogP contribution in [0.5, 0.6) is 0 Å². The molecule has 0 radical (unpaired) electrons. The van der Waals surface area contributed by atoms with Crippen molar-refractivity contribution in [1.82, 2.24) is 5.32 Å². The molecule has 5 heteroatoms. The Morgan fingerprint density at radius 2 is 1.90 bits per heavy atom. The van der Waals surface area contributed by atoms with Crippen LogP contribution in [0.4, 0.5) is 0 Å². The summed E-state index contributed by atoms with van der Waals surface area (Å²) in [6.45, 7) is 2.60. The number of hydrogen-bond donors (Lipinski definition) is 1. The summed E-state index contributed by atoms with van der Waals surface area (Å²) in [7, 11) is -2.92. The van der Waals surface area contributed by atoms with E-state index in [1.165, 1.54) is 22.3 Å². The van der Waals surface area contributed by atoms with Crippen LogP contribution in [0.15, 0.2) is 41.8 Å². The third kappa shape index (κ3) is 4.74. The van der Waals surface area contributed by atoms with Crippen molar-refractivity contribution >= 4 is 21.2 Å². The van der Waals surface area contributed by atoms with Gasteiger partial charge in [0.25, 0.3) is 0 Å². The Morgan fingerprint density at radius 3 is 2.55 bits per heavy atom. The molecule has 3 nitrogen and oxygen atoms in total. The number of benzene rings is 1. The zero-order chi connectivity index (χ0) is 14.6. The average Bonchev–Trinajstić information content (AvgIpc) is 2.84. The molecule has 1 aromatic carbocycles. The second-order valence-electron chi connectivity index (χ2n) is 5.04. The molecule has 1 heterocycles. The predicted octanol–water partition coefficient (Wildman–Crippen LogP) is 2.94. The summed E-state index contributed by atoms with van der Waals surface area (Å²) >= 11 is 1.69. The fourth-order valence-corrected chi connectivity index (χ4v) is 3.91. The van der Waals surface area contributed by atoms with Gasteiger partial charge in [-0.15, -0.1) is 11.3 Å². The Kier molecular flexibility index (Phi) is 4.96. The van der Waals surface area contributed by atoms with Crippen molar-refractivity contribution in [2.24, 2.45) is 0 Å². The number of thiophene rings is 1. The fraction of sp³-hybridized carbons (Fsp3) is 0.333. The molecule has 0 aliphatic carbocycles. The minimum absolute atomic E-state index is 0.0349. The first-order valence-electron chi connectivity index (χ1n) is 6.48. The van der Waals surface area contributed by atoms with Crippen LogP contribution in [0.1, 0.15) is 11.8 Å². The average molecular weight is 309 g/mol. The van der Waals surface area contributed by atoms with E-state index >= 15 is 0 Å².